The molecule has 0 aromatic heterocycles. The Labute approximate surface area is 122 Å². The van der Waals surface area contributed by atoms with Gasteiger partial charge in [0.05, 0.1) is 5.92 Å². The summed E-state index contributed by atoms with van der Waals surface area (Å²) >= 11 is 0. The van der Waals surface area contributed by atoms with Crippen molar-refractivity contribution in [3.63, 3.8) is 0 Å². The number of rotatable bonds is 4. The van der Waals surface area contributed by atoms with Gasteiger partial charge in [0.1, 0.15) is 5.75 Å². The smallest absolute Gasteiger partial charge is 0.387 e. The summed E-state index contributed by atoms with van der Waals surface area (Å²) in [6, 6.07) is 6.02. The van der Waals surface area contributed by atoms with Gasteiger partial charge in [-0.25, -0.2) is 0 Å². The second-order valence-electron chi connectivity index (χ2n) is 4.44. The summed E-state index contributed by atoms with van der Waals surface area (Å²) in [6.07, 6.45) is 1.80. The molecule has 112 valence electrons. The van der Waals surface area contributed by atoms with Crippen LogP contribution < -0.4 is 15.4 Å². The van der Waals surface area contributed by atoms with Crippen molar-refractivity contribution in [3.8, 4) is 5.75 Å². The summed E-state index contributed by atoms with van der Waals surface area (Å²) in [7, 11) is 0. The zero-order valence-electron chi connectivity index (χ0n) is 10.8. The van der Waals surface area contributed by atoms with Crippen LogP contribution in [-0.2, 0) is 4.79 Å². The van der Waals surface area contributed by atoms with E-state index in [9.17, 15) is 13.6 Å². The maximum Gasteiger partial charge on any atom is 0.387 e. The SMILES string of the molecule is Cl.O=C(Nc1cccc(OC(F)F)c1)C1CCCNC1. The molecule has 1 saturated heterocycles. The molecule has 1 atom stereocenters. The van der Waals surface area contributed by atoms with Crippen LogP contribution in [0.1, 0.15) is 12.8 Å². The van der Waals surface area contributed by atoms with E-state index in [1.165, 1.54) is 12.1 Å². The minimum Gasteiger partial charge on any atom is -0.435 e. The molecule has 0 saturated carbocycles. The van der Waals surface area contributed by atoms with Gasteiger partial charge in [0.2, 0.25) is 5.91 Å². The summed E-state index contributed by atoms with van der Waals surface area (Å²) in [4.78, 5) is 12.0. The number of halogens is 3. The number of nitrogens with one attached hydrogen (secondary N) is 2. The van der Waals surface area contributed by atoms with Crippen molar-refractivity contribution in [2.75, 3.05) is 18.4 Å². The number of carbonyl (C=O) groups excluding carboxylic acids is 1. The van der Waals surface area contributed by atoms with Gasteiger partial charge in [0.25, 0.3) is 0 Å². The molecule has 4 nitrogen and oxygen atoms in total. The fourth-order valence-corrected chi connectivity index (χ4v) is 2.07. The average molecular weight is 307 g/mol. The van der Waals surface area contributed by atoms with Crippen LogP contribution in [0.15, 0.2) is 24.3 Å². The molecular formula is C13H17ClF2N2O2. The Bertz CT molecular complexity index is 440. The lowest BCUT2D eigenvalue weighted by atomic mass is 9.99. The Hall–Kier alpha value is -1.40. The van der Waals surface area contributed by atoms with E-state index in [0.717, 1.165) is 19.4 Å². The van der Waals surface area contributed by atoms with E-state index < -0.39 is 6.61 Å². The Balaban J connectivity index is 0.00000200. The molecule has 2 rings (SSSR count). The van der Waals surface area contributed by atoms with E-state index in [0.29, 0.717) is 12.2 Å². The molecule has 1 aliphatic rings. The minimum atomic E-state index is -2.87. The van der Waals surface area contributed by atoms with Crippen LogP contribution in [0.25, 0.3) is 0 Å². The first-order chi connectivity index (χ1) is 9.15. The Kier molecular flexibility index (Phi) is 6.67. The number of hydrogen-bond donors (Lipinski definition) is 2. The third kappa shape index (κ3) is 4.94. The highest BCUT2D eigenvalue weighted by Gasteiger charge is 2.20. The summed E-state index contributed by atoms with van der Waals surface area (Å²) in [5.41, 5.74) is 0.466. The predicted octanol–water partition coefficient (Wildman–Crippen LogP) is 2.65. The lowest BCUT2D eigenvalue weighted by Gasteiger charge is -2.22. The lowest BCUT2D eigenvalue weighted by molar-refractivity contribution is -0.120. The van der Waals surface area contributed by atoms with Crippen molar-refractivity contribution < 1.29 is 18.3 Å². The van der Waals surface area contributed by atoms with Gasteiger partial charge >= 0.3 is 6.61 Å². The summed E-state index contributed by atoms with van der Waals surface area (Å²) in [5, 5.41) is 5.88. The second-order valence-corrected chi connectivity index (χ2v) is 4.44. The fourth-order valence-electron chi connectivity index (χ4n) is 2.07. The van der Waals surface area contributed by atoms with Gasteiger partial charge in [-0.1, -0.05) is 6.07 Å². The molecule has 20 heavy (non-hydrogen) atoms. The first-order valence-electron chi connectivity index (χ1n) is 6.21. The number of benzene rings is 1. The highest BCUT2D eigenvalue weighted by molar-refractivity contribution is 5.92. The Morgan fingerprint density at radius 3 is 2.90 bits per heavy atom. The molecule has 1 aromatic rings. The molecule has 7 heteroatoms. The fraction of sp³-hybridized carbons (Fsp3) is 0.462. The molecule has 0 radical (unpaired) electrons. The van der Waals surface area contributed by atoms with Crippen molar-refractivity contribution >= 4 is 24.0 Å². The van der Waals surface area contributed by atoms with Crippen molar-refractivity contribution in [2.24, 2.45) is 5.92 Å². The van der Waals surface area contributed by atoms with E-state index >= 15 is 0 Å². The van der Waals surface area contributed by atoms with Gasteiger partial charge in [-0.15, -0.1) is 12.4 Å². The maximum atomic E-state index is 12.1. The third-order valence-electron chi connectivity index (χ3n) is 2.99. The lowest BCUT2D eigenvalue weighted by Crippen LogP contribution is -2.37. The van der Waals surface area contributed by atoms with Crippen molar-refractivity contribution in [2.45, 2.75) is 19.5 Å². The zero-order chi connectivity index (χ0) is 13.7. The molecule has 1 heterocycles. The molecule has 1 unspecified atom stereocenters. The standard InChI is InChI=1S/C13H16F2N2O2.ClH/c14-13(15)19-11-5-1-4-10(7-11)17-12(18)9-3-2-6-16-8-9;/h1,4-5,7,9,13,16H,2-3,6,8H2,(H,17,18);1H. The van der Waals surface area contributed by atoms with Gasteiger partial charge < -0.3 is 15.4 Å². The van der Waals surface area contributed by atoms with E-state index in [2.05, 4.69) is 15.4 Å². The number of ether oxygens (including phenoxy) is 1. The number of amides is 1. The van der Waals surface area contributed by atoms with Gasteiger partial charge in [0, 0.05) is 18.3 Å². The first kappa shape index (κ1) is 16.7. The largest absolute Gasteiger partial charge is 0.435 e. The first-order valence-corrected chi connectivity index (χ1v) is 6.21. The number of piperidine rings is 1. The number of alkyl halides is 2. The van der Waals surface area contributed by atoms with Crippen LogP contribution in [0, 0.1) is 5.92 Å². The minimum absolute atomic E-state index is 0. The summed E-state index contributed by atoms with van der Waals surface area (Å²) in [5.74, 6) is -0.135. The average Bonchev–Trinajstić information content (AvgIpc) is 2.39. The van der Waals surface area contributed by atoms with Crippen LogP contribution in [0.5, 0.6) is 5.75 Å². The second kappa shape index (κ2) is 8.01. The normalized spacial score (nSPS) is 18.2. The van der Waals surface area contributed by atoms with E-state index in [1.54, 1.807) is 12.1 Å². The van der Waals surface area contributed by atoms with Crippen LogP contribution >= 0.6 is 12.4 Å². The van der Waals surface area contributed by atoms with Crippen LogP contribution in [0.4, 0.5) is 14.5 Å². The van der Waals surface area contributed by atoms with Crippen LogP contribution in [0.3, 0.4) is 0 Å². The Morgan fingerprint density at radius 2 is 2.25 bits per heavy atom. The van der Waals surface area contributed by atoms with Gasteiger partial charge in [0.15, 0.2) is 0 Å². The van der Waals surface area contributed by atoms with Crippen molar-refractivity contribution in [1.82, 2.24) is 5.32 Å². The van der Waals surface area contributed by atoms with E-state index in [-0.39, 0.29) is 30.0 Å². The van der Waals surface area contributed by atoms with Gasteiger partial charge in [-0.2, -0.15) is 8.78 Å². The van der Waals surface area contributed by atoms with E-state index in [4.69, 9.17) is 0 Å². The van der Waals surface area contributed by atoms with Gasteiger partial charge in [-0.3, -0.25) is 4.79 Å². The number of hydrogen-bond acceptors (Lipinski definition) is 3. The monoisotopic (exact) mass is 306 g/mol. The molecule has 1 amide bonds. The quantitative estimate of drug-likeness (QED) is 0.899. The zero-order valence-corrected chi connectivity index (χ0v) is 11.6. The van der Waals surface area contributed by atoms with E-state index in [1.807, 2.05) is 0 Å². The Morgan fingerprint density at radius 1 is 1.45 bits per heavy atom. The summed E-state index contributed by atoms with van der Waals surface area (Å²) in [6.45, 7) is -1.28. The van der Waals surface area contributed by atoms with Crippen molar-refractivity contribution in [1.29, 1.82) is 0 Å². The predicted molar refractivity (Wildman–Crippen MR) is 74.5 cm³/mol. The molecule has 1 aromatic carbocycles. The third-order valence-corrected chi connectivity index (χ3v) is 2.99. The van der Waals surface area contributed by atoms with Crippen molar-refractivity contribution in [3.05, 3.63) is 24.3 Å². The highest BCUT2D eigenvalue weighted by Crippen LogP contribution is 2.20. The molecule has 2 N–H and O–H groups in total. The van der Waals surface area contributed by atoms with Gasteiger partial charge in [-0.05, 0) is 31.5 Å². The topological polar surface area (TPSA) is 50.4 Å². The van der Waals surface area contributed by atoms with Crippen LogP contribution in [-0.4, -0.2) is 25.6 Å². The van der Waals surface area contributed by atoms with Crippen LogP contribution in [0.2, 0.25) is 0 Å². The molecule has 0 bridgehead atoms. The maximum absolute atomic E-state index is 12.1. The summed E-state index contributed by atoms with van der Waals surface area (Å²) < 4.78 is 28.5. The molecule has 1 fully saturated rings. The number of carbonyl (C=O) groups is 1. The molecule has 1 aliphatic heterocycles. The highest BCUT2D eigenvalue weighted by atomic mass is 35.5. The molecule has 0 aliphatic carbocycles. The molecular weight excluding hydrogens is 290 g/mol. The number of anilines is 1. The molecule has 0 spiro atoms.